The molecule has 7 heteroatoms. The van der Waals surface area contributed by atoms with E-state index in [9.17, 15) is 4.79 Å². The summed E-state index contributed by atoms with van der Waals surface area (Å²) in [5, 5.41) is 14.2. The third-order valence-corrected chi connectivity index (χ3v) is 7.54. The molecular formula is C29H36N6O. The molecule has 2 aromatic heterocycles. The van der Waals surface area contributed by atoms with Crippen LogP contribution in [0.3, 0.4) is 0 Å². The molecule has 4 aromatic rings. The van der Waals surface area contributed by atoms with Crippen LogP contribution in [-0.4, -0.2) is 30.1 Å². The summed E-state index contributed by atoms with van der Waals surface area (Å²) < 4.78 is 2.07. The van der Waals surface area contributed by atoms with Crippen molar-refractivity contribution in [3.8, 4) is 0 Å². The molecule has 1 atom stereocenters. The molecule has 1 fully saturated rings. The monoisotopic (exact) mass is 484 g/mol. The van der Waals surface area contributed by atoms with Gasteiger partial charge in [0.05, 0.1) is 17.6 Å². The van der Waals surface area contributed by atoms with Gasteiger partial charge in [-0.3, -0.25) is 9.69 Å². The summed E-state index contributed by atoms with van der Waals surface area (Å²) in [4.78, 5) is 18.8. The number of tetrazole rings is 1. The van der Waals surface area contributed by atoms with E-state index in [2.05, 4.69) is 86.4 Å². The number of H-pyrrole nitrogens is 1. The van der Waals surface area contributed by atoms with Crippen molar-refractivity contribution in [2.75, 3.05) is 0 Å². The zero-order chi connectivity index (χ0) is 25.1. The third kappa shape index (κ3) is 5.12. The number of hydrogen-bond donors (Lipinski definition) is 1. The van der Waals surface area contributed by atoms with Crippen LogP contribution in [-0.2, 0) is 13.1 Å². The Morgan fingerprint density at radius 2 is 1.83 bits per heavy atom. The first-order chi connectivity index (χ1) is 17.5. The summed E-state index contributed by atoms with van der Waals surface area (Å²) in [5.41, 5.74) is 5.13. The van der Waals surface area contributed by atoms with Gasteiger partial charge >= 0.3 is 0 Å². The molecule has 0 spiro atoms. The number of aryl methyl sites for hydroxylation is 2. The highest BCUT2D eigenvalue weighted by Gasteiger charge is 2.29. The predicted octanol–water partition coefficient (Wildman–Crippen LogP) is 5.79. The average Bonchev–Trinajstić information content (AvgIpc) is 3.36. The lowest BCUT2D eigenvalue weighted by molar-refractivity contribution is 0.155. The molecule has 0 bridgehead atoms. The minimum absolute atomic E-state index is 0.00326. The number of nitrogens with one attached hydrogen (secondary N) is 1. The maximum Gasteiger partial charge on any atom is 0.252 e. The summed E-state index contributed by atoms with van der Waals surface area (Å²) in [6.45, 7) is 7.55. The van der Waals surface area contributed by atoms with Crippen LogP contribution in [0.25, 0.3) is 10.9 Å². The molecule has 188 valence electrons. The Hall–Kier alpha value is -3.32. The van der Waals surface area contributed by atoms with Crippen molar-refractivity contribution in [3.05, 3.63) is 87.0 Å². The molecule has 0 amide bonds. The van der Waals surface area contributed by atoms with Crippen molar-refractivity contribution in [1.29, 1.82) is 0 Å². The summed E-state index contributed by atoms with van der Waals surface area (Å²) >= 11 is 0. The van der Waals surface area contributed by atoms with Gasteiger partial charge in [-0.2, -0.15) is 0 Å². The van der Waals surface area contributed by atoms with Gasteiger partial charge in [-0.05, 0) is 72.2 Å². The van der Waals surface area contributed by atoms with E-state index in [1.54, 1.807) is 0 Å². The van der Waals surface area contributed by atoms with E-state index >= 15 is 0 Å². The molecule has 1 N–H and O–H groups in total. The molecule has 2 heterocycles. The molecule has 2 aromatic carbocycles. The summed E-state index contributed by atoms with van der Waals surface area (Å²) in [7, 11) is 0. The molecule has 0 unspecified atom stereocenters. The summed E-state index contributed by atoms with van der Waals surface area (Å²) in [6, 6.07) is 17.1. The molecule has 5 rings (SSSR count). The van der Waals surface area contributed by atoms with Crippen molar-refractivity contribution in [3.63, 3.8) is 0 Å². The van der Waals surface area contributed by atoms with Crippen LogP contribution in [0.4, 0.5) is 0 Å². The second kappa shape index (κ2) is 10.7. The number of rotatable bonds is 8. The fourth-order valence-electron chi connectivity index (χ4n) is 5.77. The van der Waals surface area contributed by atoms with Crippen LogP contribution >= 0.6 is 0 Å². The molecule has 1 aliphatic carbocycles. The van der Waals surface area contributed by atoms with Gasteiger partial charge in [-0.25, -0.2) is 4.68 Å². The Kier molecular flexibility index (Phi) is 7.28. The maximum absolute atomic E-state index is 13.2. The lowest BCUT2D eigenvalue weighted by Crippen LogP contribution is -2.33. The third-order valence-electron chi connectivity index (χ3n) is 7.54. The smallest absolute Gasteiger partial charge is 0.252 e. The van der Waals surface area contributed by atoms with Gasteiger partial charge in [0.2, 0.25) is 0 Å². The Bertz CT molecular complexity index is 1370. The number of fused-ring (bicyclic) bond motifs is 1. The molecular weight excluding hydrogens is 448 g/mol. The van der Waals surface area contributed by atoms with Crippen molar-refractivity contribution in [2.24, 2.45) is 0 Å². The van der Waals surface area contributed by atoms with E-state index in [4.69, 9.17) is 0 Å². The minimum atomic E-state index is -0.0331. The standard InChI is InChI=1S/C29H36N6O/c1-4-26(28-31-32-33-35(28)25-13-9-6-10-14-25)34(18-22-11-7-5-8-12-22)19-24-17-23-16-20(2)15-21(3)27(23)30-29(24)36/h5,7-8,11-12,15-17,25-26H,4,6,9-10,13-14,18-19H2,1-3H3,(H,30,36)/t26-/m0/s1. The number of pyridine rings is 1. The lowest BCUT2D eigenvalue weighted by atomic mass is 9.95. The van der Waals surface area contributed by atoms with Gasteiger partial charge in [-0.1, -0.05) is 68.1 Å². The Morgan fingerprint density at radius 3 is 2.58 bits per heavy atom. The van der Waals surface area contributed by atoms with Crippen LogP contribution < -0.4 is 5.56 Å². The molecule has 1 aliphatic rings. The van der Waals surface area contributed by atoms with Crippen molar-refractivity contribution >= 4 is 10.9 Å². The van der Waals surface area contributed by atoms with Crippen LogP contribution in [0.15, 0.2) is 53.3 Å². The summed E-state index contributed by atoms with van der Waals surface area (Å²) in [5.74, 6) is 0.907. The van der Waals surface area contributed by atoms with E-state index < -0.39 is 0 Å². The van der Waals surface area contributed by atoms with Crippen LogP contribution in [0.5, 0.6) is 0 Å². The quantitative estimate of drug-likeness (QED) is 0.342. The molecule has 36 heavy (non-hydrogen) atoms. The van der Waals surface area contributed by atoms with Crippen molar-refractivity contribution in [1.82, 2.24) is 30.1 Å². The Labute approximate surface area is 212 Å². The second-order valence-corrected chi connectivity index (χ2v) is 10.3. The van der Waals surface area contributed by atoms with E-state index in [-0.39, 0.29) is 11.6 Å². The highest BCUT2D eigenvalue weighted by atomic mass is 16.1. The average molecular weight is 485 g/mol. The normalized spacial score (nSPS) is 15.6. The number of benzene rings is 2. The molecule has 7 nitrogen and oxygen atoms in total. The van der Waals surface area contributed by atoms with E-state index in [1.807, 2.05) is 13.0 Å². The van der Waals surface area contributed by atoms with Gasteiger partial charge in [0.1, 0.15) is 0 Å². The molecule has 0 saturated heterocycles. The Balaban J connectivity index is 1.53. The second-order valence-electron chi connectivity index (χ2n) is 10.3. The summed E-state index contributed by atoms with van der Waals surface area (Å²) in [6.07, 6.45) is 6.82. The first-order valence-corrected chi connectivity index (χ1v) is 13.2. The number of nitrogens with zero attached hydrogens (tertiary/aromatic N) is 5. The van der Waals surface area contributed by atoms with Gasteiger partial charge in [0.15, 0.2) is 5.82 Å². The van der Waals surface area contributed by atoms with E-state index in [0.717, 1.165) is 47.1 Å². The lowest BCUT2D eigenvalue weighted by Gasteiger charge is -2.32. The first-order valence-electron chi connectivity index (χ1n) is 13.2. The highest BCUT2D eigenvalue weighted by Crippen LogP contribution is 2.32. The largest absolute Gasteiger partial charge is 0.321 e. The maximum atomic E-state index is 13.2. The highest BCUT2D eigenvalue weighted by molar-refractivity contribution is 5.82. The molecule has 0 aliphatic heterocycles. The predicted molar refractivity (Wildman–Crippen MR) is 143 cm³/mol. The van der Waals surface area contributed by atoms with Crippen molar-refractivity contribution in [2.45, 2.75) is 84.5 Å². The fourth-order valence-corrected chi connectivity index (χ4v) is 5.77. The van der Waals surface area contributed by atoms with Gasteiger partial charge in [-0.15, -0.1) is 5.10 Å². The minimum Gasteiger partial charge on any atom is -0.321 e. The van der Waals surface area contributed by atoms with Gasteiger partial charge < -0.3 is 4.98 Å². The zero-order valence-electron chi connectivity index (χ0n) is 21.6. The zero-order valence-corrected chi connectivity index (χ0v) is 21.6. The van der Waals surface area contributed by atoms with Crippen molar-refractivity contribution < 1.29 is 0 Å². The molecule has 1 saturated carbocycles. The van der Waals surface area contributed by atoms with E-state index in [1.165, 1.54) is 30.4 Å². The number of aromatic nitrogens is 5. The Morgan fingerprint density at radius 1 is 1.06 bits per heavy atom. The van der Waals surface area contributed by atoms with Crippen LogP contribution in [0, 0.1) is 13.8 Å². The first kappa shape index (κ1) is 24.4. The SMILES string of the molecule is CC[C@@H](c1nnnn1C1CCCCC1)N(Cc1ccccc1)Cc1cc2cc(C)cc(C)c2[nH]c1=O. The molecule has 0 radical (unpaired) electrons. The van der Waals surface area contributed by atoms with Gasteiger partial charge in [0, 0.05) is 18.7 Å². The van der Waals surface area contributed by atoms with Gasteiger partial charge in [0.25, 0.3) is 5.56 Å². The topological polar surface area (TPSA) is 79.7 Å². The fraction of sp³-hybridized carbons (Fsp3) is 0.448. The number of hydrogen-bond acceptors (Lipinski definition) is 5. The van der Waals surface area contributed by atoms with Crippen LogP contribution in [0.1, 0.15) is 85.6 Å². The van der Waals surface area contributed by atoms with Crippen LogP contribution in [0.2, 0.25) is 0 Å². The van der Waals surface area contributed by atoms with E-state index in [0.29, 0.717) is 19.1 Å². The number of aromatic amines is 1.